The van der Waals surface area contributed by atoms with Gasteiger partial charge in [0.2, 0.25) is 0 Å². The fourth-order valence-corrected chi connectivity index (χ4v) is 3.48. The number of anilines is 1. The highest BCUT2D eigenvalue weighted by molar-refractivity contribution is 5.88. The molecule has 0 saturated heterocycles. The predicted molar refractivity (Wildman–Crippen MR) is 95.4 cm³/mol. The molecule has 3 rings (SSSR count). The minimum Gasteiger partial charge on any atom is -0.328 e. The van der Waals surface area contributed by atoms with Gasteiger partial charge in [-0.05, 0) is 33.6 Å². The maximum atomic E-state index is 12.4. The molecule has 2 amide bonds. The van der Waals surface area contributed by atoms with Gasteiger partial charge in [0.1, 0.15) is 18.0 Å². The first-order valence-corrected chi connectivity index (χ1v) is 9.10. The lowest BCUT2D eigenvalue weighted by atomic mass is 9.96. The van der Waals surface area contributed by atoms with E-state index >= 15 is 0 Å². The standard InChI is InChI=1S/C17H27N7O/c1-4-23-16(18-11-19-23)13(3)20-17(25)21-15-10-12(2)22-24(15)14-8-6-5-7-9-14/h10-11,13-14H,4-9H2,1-3H3,(H2,20,21,25)/t13-/m1/s1. The number of carbonyl (C=O) groups is 1. The topological polar surface area (TPSA) is 89.7 Å². The molecule has 0 aliphatic heterocycles. The Morgan fingerprint density at radius 1 is 1.36 bits per heavy atom. The molecule has 8 nitrogen and oxygen atoms in total. The Balaban J connectivity index is 1.66. The summed E-state index contributed by atoms with van der Waals surface area (Å²) in [6.07, 6.45) is 7.48. The lowest BCUT2D eigenvalue weighted by Crippen LogP contribution is -2.33. The average molecular weight is 345 g/mol. The van der Waals surface area contributed by atoms with Gasteiger partial charge < -0.3 is 5.32 Å². The van der Waals surface area contributed by atoms with Crippen LogP contribution in [-0.4, -0.2) is 30.6 Å². The summed E-state index contributed by atoms with van der Waals surface area (Å²) in [5.74, 6) is 1.50. The third kappa shape index (κ3) is 4.00. The molecule has 0 spiro atoms. The van der Waals surface area contributed by atoms with E-state index in [2.05, 4.69) is 25.8 Å². The number of hydrogen-bond acceptors (Lipinski definition) is 4. The summed E-state index contributed by atoms with van der Waals surface area (Å²) in [4.78, 5) is 16.7. The van der Waals surface area contributed by atoms with E-state index in [-0.39, 0.29) is 12.1 Å². The molecule has 2 N–H and O–H groups in total. The summed E-state index contributed by atoms with van der Waals surface area (Å²) >= 11 is 0. The van der Waals surface area contributed by atoms with Crippen molar-refractivity contribution in [1.29, 1.82) is 0 Å². The molecule has 1 aliphatic rings. The van der Waals surface area contributed by atoms with E-state index in [0.29, 0.717) is 6.04 Å². The highest BCUT2D eigenvalue weighted by Crippen LogP contribution is 2.30. The number of urea groups is 1. The molecule has 2 aromatic heterocycles. The van der Waals surface area contributed by atoms with Crippen molar-refractivity contribution in [2.75, 3.05) is 5.32 Å². The molecule has 2 aromatic rings. The second-order valence-corrected chi connectivity index (χ2v) is 6.66. The number of rotatable bonds is 5. The molecule has 136 valence electrons. The van der Waals surface area contributed by atoms with Gasteiger partial charge in [-0.15, -0.1) is 0 Å². The van der Waals surface area contributed by atoms with Crippen molar-refractivity contribution in [3.05, 3.63) is 23.9 Å². The normalized spacial score (nSPS) is 16.6. The van der Waals surface area contributed by atoms with E-state index in [9.17, 15) is 4.79 Å². The molecule has 1 saturated carbocycles. The van der Waals surface area contributed by atoms with Gasteiger partial charge in [-0.25, -0.2) is 19.1 Å². The molecule has 0 aromatic carbocycles. The molecular weight excluding hydrogens is 318 g/mol. The highest BCUT2D eigenvalue weighted by atomic mass is 16.2. The Kier molecular flexibility index (Phi) is 5.35. The summed E-state index contributed by atoms with van der Waals surface area (Å²) in [6, 6.07) is 1.82. The SMILES string of the molecule is CCn1ncnc1[C@@H](C)NC(=O)Nc1cc(C)nn1C1CCCCC1. The van der Waals surface area contributed by atoms with Gasteiger partial charge in [0, 0.05) is 12.6 Å². The number of nitrogens with one attached hydrogen (secondary N) is 2. The second-order valence-electron chi connectivity index (χ2n) is 6.66. The Hall–Kier alpha value is -2.38. The van der Waals surface area contributed by atoms with Crippen molar-refractivity contribution in [1.82, 2.24) is 29.9 Å². The second kappa shape index (κ2) is 7.67. The van der Waals surface area contributed by atoms with Gasteiger partial charge in [-0.1, -0.05) is 19.3 Å². The summed E-state index contributed by atoms with van der Waals surface area (Å²) in [7, 11) is 0. The number of aromatic nitrogens is 5. The van der Waals surface area contributed by atoms with Gasteiger partial charge in [0.05, 0.1) is 17.8 Å². The van der Waals surface area contributed by atoms with Gasteiger partial charge in [-0.3, -0.25) is 5.32 Å². The van der Waals surface area contributed by atoms with Crippen molar-refractivity contribution in [2.24, 2.45) is 0 Å². The fourth-order valence-electron chi connectivity index (χ4n) is 3.48. The molecule has 8 heteroatoms. The number of aryl methyl sites for hydroxylation is 2. The van der Waals surface area contributed by atoms with E-state index in [1.165, 1.54) is 25.6 Å². The maximum Gasteiger partial charge on any atom is 0.320 e. The van der Waals surface area contributed by atoms with Gasteiger partial charge in [0.15, 0.2) is 0 Å². The zero-order valence-electron chi connectivity index (χ0n) is 15.2. The Morgan fingerprint density at radius 3 is 2.84 bits per heavy atom. The van der Waals surface area contributed by atoms with E-state index in [4.69, 9.17) is 0 Å². The molecular formula is C17H27N7O. The van der Waals surface area contributed by atoms with Crippen LogP contribution in [0.2, 0.25) is 0 Å². The zero-order valence-corrected chi connectivity index (χ0v) is 15.2. The molecule has 0 bridgehead atoms. The lowest BCUT2D eigenvalue weighted by Gasteiger charge is -2.24. The first-order valence-electron chi connectivity index (χ1n) is 9.10. The maximum absolute atomic E-state index is 12.4. The first kappa shape index (κ1) is 17.4. The van der Waals surface area contributed by atoms with Crippen molar-refractivity contribution in [2.45, 2.75) is 71.5 Å². The summed E-state index contributed by atoms with van der Waals surface area (Å²) in [5.41, 5.74) is 0.916. The van der Waals surface area contributed by atoms with Crippen LogP contribution in [0, 0.1) is 6.92 Å². The predicted octanol–water partition coefficient (Wildman–Crippen LogP) is 3.19. The Morgan fingerprint density at radius 2 is 2.12 bits per heavy atom. The van der Waals surface area contributed by atoms with E-state index < -0.39 is 0 Å². The number of carbonyl (C=O) groups excluding carboxylic acids is 1. The molecule has 0 radical (unpaired) electrons. The number of nitrogens with zero attached hydrogens (tertiary/aromatic N) is 5. The monoisotopic (exact) mass is 345 g/mol. The average Bonchev–Trinajstić information content (AvgIpc) is 3.21. The smallest absolute Gasteiger partial charge is 0.320 e. The van der Waals surface area contributed by atoms with E-state index in [1.54, 1.807) is 4.68 Å². The quantitative estimate of drug-likeness (QED) is 0.871. The van der Waals surface area contributed by atoms with Gasteiger partial charge >= 0.3 is 6.03 Å². The summed E-state index contributed by atoms with van der Waals surface area (Å²) in [6.45, 7) is 6.57. The molecule has 2 heterocycles. The van der Waals surface area contributed by atoms with E-state index in [0.717, 1.165) is 36.7 Å². The minimum atomic E-state index is -0.255. The van der Waals surface area contributed by atoms with Crippen LogP contribution in [0.5, 0.6) is 0 Å². The van der Waals surface area contributed by atoms with Crippen molar-refractivity contribution in [3.8, 4) is 0 Å². The van der Waals surface area contributed by atoms with Gasteiger partial charge in [-0.2, -0.15) is 10.2 Å². The van der Waals surface area contributed by atoms with Crippen LogP contribution < -0.4 is 10.6 Å². The largest absolute Gasteiger partial charge is 0.328 e. The molecule has 1 aliphatic carbocycles. The number of amides is 2. The van der Waals surface area contributed by atoms with Crippen LogP contribution in [0.15, 0.2) is 12.4 Å². The summed E-state index contributed by atoms with van der Waals surface area (Å²) < 4.78 is 3.76. The van der Waals surface area contributed by atoms with Crippen LogP contribution in [0.25, 0.3) is 0 Å². The van der Waals surface area contributed by atoms with Crippen LogP contribution >= 0.6 is 0 Å². The minimum absolute atomic E-state index is 0.227. The molecule has 25 heavy (non-hydrogen) atoms. The fraction of sp³-hybridized carbons (Fsp3) is 0.647. The van der Waals surface area contributed by atoms with Crippen LogP contribution in [0.1, 0.15) is 69.6 Å². The summed E-state index contributed by atoms with van der Waals surface area (Å²) in [5, 5.41) is 14.6. The Labute approximate surface area is 148 Å². The Bertz CT molecular complexity index is 714. The zero-order chi connectivity index (χ0) is 17.8. The van der Waals surface area contributed by atoms with Crippen molar-refractivity contribution < 1.29 is 4.79 Å². The third-order valence-corrected chi connectivity index (χ3v) is 4.70. The van der Waals surface area contributed by atoms with Crippen molar-refractivity contribution >= 4 is 11.8 Å². The lowest BCUT2D eigenvalue weighted by molar-refractivity contribution is 0.248. The number of hydrogen-bond donors (Lipinski definition) is 2. The van der Waals surface area contributed by atoms with Crippen molar-refractivity contribution in [3.63, 3.8) is 0 Å². The van der Waals surface area contributed by atoms with E-state index in [1.807, 2.05) is 31.5 Å². The first-order chi connectivity index (χ1) is 12.1. The third-order valence-electron chi connectivity index (χ3n) is 4.70. The highest BCUT2D eigenvalue weighted by Gasteiger charge is 2.21. The van der Waals surface area contributed by atoms with Crippen LogP contribution in [0.3, 0.4) is 0 Å². The van der Waals surface area contributed by atoms with Gasteiger partial charge in [0.25, 0.3) is 0 Å². The molecule has 1 atom stereocenters. The molecule has 1 fully saturated rings. The van der Waals surface area contributed by atoms with Crippen LogP contribution in [0.4, 0.5) is 10.6 Å². The molecule has 0 unspecified atom stereocenters. The van der Waals surface area contributed by atoms with Crippen LogP contribution in [-0.2, 0) is 6.54 Å².